The first-order chi connectivity index (χ1) is 17.1. The Morgan fingerprint density at radius 1 is 0.861 bits per heavy atom. The number of carbonyl (C=O) groups excluding carboxylic acids is 2. The van der Waals surface area contributed by atoms with Crippen LogP contribution < -0.4 is 10.1 Å². The van der Waals surface area contributed by atoms with Crippen LogP contribution in [0.1, 0.15) is 11.1 Å². The molecule has 0 heterocycles. The van der Waals surface area contributed by atoms with E-state index in [0.29, 0.717) is 33.8 Å². The summed E-state index contributed by atoms with van der Waals surface area (Å²) in [6.07, 6.45) is 5.79. The minimum Gasteiger partial charge on any atom is -0.461 e. The average Bonchev–Trinajstić information content (AvgIpc) is 2.81. The molecule has 0 aromatic heterocycles. The summed E-state index contributed by atoms with van der Waals surface area (Å²) in [4.78, 5) is 24.3. The third kappa shape index (κ3) is 8.97. The van der Waals surface area contributed by atoms with Gasteiger partial charge in [0.25, 0.3) is 0 Å². The van der Waals surface area contributed by atoms with Crippen LogP contribution in [0.15, 0.2) is 66.7 Å². The number of hydrogen-bond acceptors (Lipinski definition) is 6. The fourth-order valence-electron chi connectivity index (χ4n) is 3.07. The predicted molar refractivity (Wildman–Crippen MR) is 148 cm³/mol. The molecule has 0 unspecified atom stereocenters. The first-order valence-electron chi connectivity index (χ1n) is 11.1. The maximum atomic E-state index is 12.5. The first-order valence-corrected chi connectivity index (χ1v) is 14.9. The second-order valence-corrected chi connectivity index (χ2v) is 14.3. The van der Waals surface area contributed by atoms with Crippen molar-refractivity contribution in [2.24, 2.45) is 0 Å². The molecule has 0 saturated heterocycles. The number of anilines is 2. The number of esters is 1. The van der Waals surface area contributed by atoms with Crippen LogP contribution in [0.4, 0.5) is 16.2 Å². The molecule has 0 amide bonds. The van der Waals surface area contributed by atoms with Crippen molar-refractivity contribution >= 4 is 56.7 Å². The molecule has 9 heteroatoms. The number of ether oxygens (including phenoxy) is 3. The van der Waals surface area contributed by atoms with E-state index in [-0.39, 0.29) is 19.0 Å². The molecule has 36 heavy (non-hydrogen) atoms. The van der Waals surface area contributed by atoms with Crippen molar-refractivity contribution in [1.29, 1.82) is 0 Å². The topological polar surface area (TPSA) is 73.9 Å². The number of rotatable bonds is 10. The summed E-state index contributed by atoms with van der Waals surface area (Å²) in [6.45, 7) is 0.416. The van der Waals surface area contributed by atoms with Crippen LogP contribution in [0, 0.1) is 0 Å². The van der Waals surface area contributed by atoms with Crippen molar-refractivity contribution in [2.75, 3.05) is 36.4 Å². The van der Waals surface area contributed by atoms with E-state index in [9.17, 15) is 9.59 Å². The lowest BCUT2D eigenvalue weighted by molar-refractivity contribution is -0.144. The first kappa shape index (κ1) is 27.7. The highest BCUT2D eigenvalue weighted by molar-refractivity contribution is 8.32. The standard InChI is InChI=1S/C27H29Cl2NO5S/c1-36(2,3)16-15-33-27(32)35-21-13-11-19(12-14-21)18-34-25(31)17-20-7-4-5-10-24(20)30-26-22(28)8-6-9-23(26)29/h4-14,30H,15-18H2,1-3H3. The van der Waals surface area contributed by atoms with E-state index in [1.165, 1.54) is 0 Å². The van der Waals surface area contributed by atoms with Crippen molar-refractivity contribution in [3.63, 3.8) is 0 Å². The Hall–Kier alpha value is -2.87. The molecule has 0 aliphatic carbocycles. The molecular weight excluding hydrogens is 521 g/mol. The van der Waals surface area contributed by atoms with Crippen LogP contribution in [-0.4, -0.2) is 43.3 Å². The van der Waals surface area contributed by atoms with Gasteiger partial charge in [-0.1, -0.05) is 59.6 Å². The lowest BCUT2D eigenvalue weighted by Gasteiger charge is -2.24. The third-order valence-corrected chi connectivity index (χ3v) is 7.04. The van der Waals surface area contributed by atoms with Crippen molar-refractivity contribution in [3.8, 4) is 5.75 Å². The Kier molecular flexibility index (Phi) is 9.93. The van der Waals surface area contributed by atoms with Crippen LogP contribution >= 0.6 is 33.2 Å². The molecule has 3 aromatic rings. The summed E-state index contributed by atoms with van der Waals surface area (Å²) in [7, 11) is -0.740. The average molecular weight is 551 g/mol. The molecule has 0 bridgehead atoms. The van der Waals surface area contributed by atoms with Crippen LogP contribution in [0.5, 0.6) is 5.75 Å². The van der Waals surface area contributed by atoms with Crippen molar-refractivity contribution in [1.82, 2.24) is 0 Å². The Morgan fingerprint density at radius 2 is 1.53 bits per heavy atom. The summed E-state index contributed by atoms with van der Waals surface area (Å²) in [6, 6.07) is 19.3. The van der Waals surface area contributed by atoms with Gasteiger partial charge < -0.3 is 19.5 Å². The zero-order valence-corrected chi connectivity index (χ0v) is 22.7. The molecule has 0 fully saturated rings. The Labute approximate surface area is 223 Å². The molecule has 0 spiro atoms. The predicted octanol–water partition coefficient (Wildman–Crippen LogP) is 7.23. The number of benzene rings is 3. The van der Waals surface area contributed by atoms with Gasteiger partial charge in [0.15, 0.2) is 0 Å². The van der Waals surface area contributed by atoms with Gasteiger partial charge in [0.1, 0.15) is 19.0 Å². The van der Waals surface area contributed by atoms with Gasteiger partial charge >= 0.3 is 12.1 Å². The Bertz CT molecular complexity index is 1180. The minimum atomic E-state index is -0.740. The Balaban J connectivity index is 1.50. The smallest absolute Gasteiger partial charge is 0.461 e. The fraction of sp³-hybridized carbons (Fsp3) is 0.259. The number of para-hydroxylation sites is 2. The maximum Gasteiger partial charge on any atom is 0.513 e. The lowest BCUT2D eigenvalue weighted by atomic mass is 10.1. The minimum absolute atomic E-state index is 0.0640. The van der Waals surface area contributed by atoms with Gasteiger partial charge in [-0.25, -0.2) is 14.8 Å². The molecule has 192 valence electrons. The zero-order valence-electron chi connectivity index (χ0n) is 20.4. The molecule has 0 aliphatic rings. The third-order valence-electron chi connectivity index (χ3n) is 5.01. The highest BCUT2D eigenvalue weighted by Gasteiger charge is 2.13. The molecule has 6 nitrogen and oxygen atoms in total. The van der Waals surface area contributed by atoms with Gasteiger partial charge in [-0.15, -0.1) is 0 Å². The van der Waals surface area contributed by atoms with Gasteiger partial charge in [-0.05, 0) is 60.2 Å². The van der Waals surface area contributed by atoms with E-state index in [1.807, 2.05) is 24.3 Å². The van der Waals surface area contributed by atoms with E-state index < -0.39 is 16.2 Å². The monoisotopic (exact) mass is 549 g/mol. The molecular formula is C27H29Cl2NO5S. The van der Waals surface area contributed by atoms with Crippen LogP contribution in [0.3, 0.4) is 0 Å². The van der Waals surface area contributed by atoms with E-state index in [4.69, 9.17) is 37.4 Å². The second-order valence-electron chi connectivity index (χ2n) is 8.86. The van der Waals surface area contributed by atoms with Gasteiger partial charge in [-0.3, -0.25) is 4.79 Å². The van der Waals surface area contributed by atoms with E-state index >= 15 is 0 Å². The van der Waals surface area contributed by atoms with Gasteiger partial charge in [0, 0.05) is 11.4 Å². The van der Waals surface area contributed by atoms with Crippen molar-refractivity contribution in [2.45, 2.75) is 13.0 Å². The number of nitrogens with one attached hydrogen (secondary N) is 1. The summed E-state index contributed by atoms with van der Waals surface area (Å²) in [5.41, 5.74) is 2.79. The fourth-order valence-corrected chi connectivity index (χ4v) is 4.15. The summed E-state index contributed by atoms with van der Waals surface area (Å²) in [5, 5.41) is 4.16. The second kappa shape index (κ2) is 12.9. The van der Waals surface area contributed by atoms with E-state index in [2.05, 4.69) is 24.1 Å². The maximum absolute atomic E-state index is 12.5. The molecule has 0 saturated carbocycles. The quantitative estimate of drug-likeness (QED) is 0.212. The van der Waals surface area contributed by atoms with Gasteiger partial charge in [0.05, 0.1) is 22.2 Å². The molecule has 3 rings (SSSR count). The van der Waals surface area contributed by atoms with E-state index in [1.54, 1.807) is 42.5 Å². The Morgan fingerprint density at radius 3 is 2.19 bits per heavy atom. The molecule has 0 atom stereocenters. The van der Waals surface area contributed by atoms with Crippen LogP contribution in [0.25, 0.3) is 0 Å². The van der Waals surface area contributed by atoms with Gasteiger partial charge in [0.2, 0.25) is 0 Å². The van der Waals surface area contributed by atoms with Crippen molar-refractivity contribution < 1.29 is 23.8 Å². The molecule has 0 radical (unpaired) electrons. The number of halogens is 2. The summed E-state index contributed by atoms with van der Waals surface area (Å²) >= 11 is 12.5. The summed E-state index contributed by atoms with van der Waals surface area (Å²) < 4.78 is 15.7. The zero-order chi connectivity index (χ0) is 26.1. The molecule has 1 N–H and O–H groups in total. The number of hydrogen-bond donors (Lipinski definition) is 1. The van der Waals surface area contributed by atoms with Crippen LogP contribution in [-0.2, 0) is 27.3 Å². The molecule has 0 aliphatic heterocycles. The van der Waals surface area contributed by atoms with Crippen LogP contribution in [0.2, 0.25) is 10.0 Å². The van der Waals surface area contributed by atoms with E-state index in [0.717, 1.165) is 16.9 Å². The highest BCUT2D eigenvalue weighted by Crippen LogP contribution is 2.34. The SMILES string of the molecule is CS(C)(C)CCOC(=O)Oc1ccc(COC(=O)Cc2ccccc2Nc2c(Cl)cccc2Cl)cc1. The van der Waals surface area contributed by atoms with Crippen molar-refractivity contribution in [3.05, 3.63) is 87.9 Å². The van der Waals surface area contributed by atoms with Gasteiger partial charge in [-0.2, -0.15) is 0 Å². The highest BCUT2D eigenvalue weighted by atomic mass is 35.5. The summed E-state index contributed by atoms with van der Waals surface area (Å²) in [5.74, 6) is 0.788. The number of carbonyl (C=O) groups is 2. The lowest BCUT2D eigenvalue weighted by Crippen LogP contribution is -2.15. The normalized spacial score (nSPS) is 11.5. The molecule has 3 aromatic carbocycles. The largest absolute Gasteiger partial charge is 0.513 e.